The van der Waals surface area contributed by atoms with Gasteiger partial charge in [-0.15, -0.1) is 11.3 Å². The van der Waals surface area contributed by atoms with E-state index in [0.717, 1.165) is 69.0 Å². The number of pyridine rings is 1. The minimum absolute atomic E-state index is 0.0955. The Kier molecular flexibility index (Phi) is 11.4. The lowest BCUT2D eigenvalue weighted by atomic mass is 10.0. The number of ether oxygens (including phenoxy) is 1. The van der Waals surface area contributed by atoms with E-state index in [2.05, 4.69) is 20.5 Å². The normalized spacial score (nSPS) is 13.4. The topological polar surface area (TPSA) is 157 Å². The number of methoxy groups -OCH3 is 1. The van der Waals surface area contributed by atoms with Gasteiger partial charge in [-0.25, -0.2) is 4.98 Å². The molecule has 1 aliphatic heterocycles. The molecule has 0 bridgehead atoms. The summed E-state index contributed by atoms with van der Waals surface area (Å²) < 4.78 is 10.2. The van der Waals surface area contributed by atoms with E-state index in [1.54, 1.807) is 23.9 Å². The molecule has 1 saturated heterocycles. The summed E-state index contributed by atoms with van der Waals surface area (Å²) in [6.45, 7) is 2.24. The highest BCUT2D eigenvalue weighted by Gasteiger charge is 2.21. The van der Waals surface area contributed by atoms with Crippen molar-refractivity contribution in [3.63, 3.8) is 0 Å². The first-order valence-corrected chi connectivity index (χ1v) is 19.4. The van der Waals surface area contributed by atoms with E-state index < -0.39 is 5.24 Å². The molecule has 1 fully saturated rings. The highest BCUT2D eigenvalue weighted by molar-refractivity contribution is 7.18. The Morgan fingerprint density at radius 2 is 1.55 bits per heavy atom. The van der Waals surface area contributed by atoms with Gasteiger partial charge in [-0.05, 0) is 66.4 Å². The number of carbonyl (C=O) groups is 3. The van der Waals surface area contributed by atoms with Crippen molar-refractivity contribution in [3.05, 3.63) is 102 Å². The number of rotatable bonds is 9. The van der Waals surface area contributed by atoms with Crippen molar-refractivity contribution in [2.24, 2.45) is 14.1 Å². The second-order valence-electron chi connectivity index (χ2n) is 13.7. The summed E-state index contributed by atoms with van der Waals surface area (Å²) >= 11 is 6.90. The highest BCUT2D eigenvalue weighted by Crippen LogP contribution is 2.42. The van der Waals surface area contributed by atoms with Crippen molar-refractivity contribution in [2.75, 3.05) is 43.1 Å². The molecule has 0 saturated carbocycles. The lowest BCUT2D eigenvalue weighted by Crippen LogP contribution is -2.37. The smallest absolute Gasteiger partial charge is 0.272 e. The zero-order valence-electron chi connectivity index (χ0n) is 31.2. The van der Waals surface area contributed by atoms with Gasteiger partial charge in [0.05, 0.1) is 35.5 Å². The van der Waals surface area contributed by atoms with Crippen LogP contribution >= 0.6 is 22.9 Å². The molecule has 1 aliphatic rings. The number of carbonyl (C=O) groups excluding carboxylic acids is 3. The fourth-order valence-corrected chi connectivity index (χ4v) is 8.35. The van der Waals surface area contributed by atoms with Crippen LogP contribution in [0.3, 0.4) is 0 Å². The number of nitrogen functional groups attached to an aromatic ring is 1. The number of fused-ring (bicyclic) bond motifs is 3. The minimum Gasteiger partial charge on any atom is -0.495 e. The molecule has 0 aliphatic carbocycles. The third-order valence-corrected chi connectivity index (χ3v) is 11.4. The van der Waals surface area contributed by atoms with E-state index in [-0.39, 0.29) is 17.9 Å². The number of aliphatic hydroxyl groups excluding tert-OH is 1. The number of anilines is 3. The zero-order chi connectivity index (χ0) is 39.5. The number of thiophene rings is 1. The molecular weight excluding hydrogens is 750 g/mol. The van der Waals surface area contributed by atoms with Crippen molar-refractivity contribution >= 4 is 89.1 Å². The number of benzene rings is 3. The Labute approximate surface area is 332 Å². The molecule has 12 nitrogen and oxygen atoms in total. The van der Waals surface area contributed by atoms with Gasteiger partial charge in [-0.3, -0.25) is 14.4 Å². The van der Waals surface area contributed by atoms with Gasteiger partial charge in [-0.2, -0.15) is 0 Å². The first-order chi connectivity index (χ1) is 27.0. The lowest BCUT2D eigenvalue weighted by Gasteiger charge is -2.29. The number of likely N-dealkylation sites (tertiary alicyclic amines) is 1. The van der Waals surface area contributed by atoms with Gasteiger partial charge in [0.2, 0.25) is 5.91 Å². The van der Waals surface area contributed by atoms with Gasteiger partial charge in [0.25, 0.3) is 11.1 Å². The first kappa shape index (κ1) is 38.5. The predicted molar refractivity (Wildman–Crippen MR) is 225 cm³/mol. The number of aromatic nitrogens is 3. The SMILES string of the molecule is COc1cc(-c2csc3c(NC(=O)CCN4CCC(O)CC4)cnc(N)c23)ccc1NC(=O)c1cc2ccccc2n1C.Cn1c(C(=O)Cl)cc2ccccc21. The summed E-state index contributed by atoms with van der Waals surface area (Å²) in [6.07, 6.45) is 3.19. The van der Waals surface area contributed by atoms with Crippen LogP contribution in [0.1, 0.15) is 40.2 Å². The Hall–Kier alpha value is -5.73. The minimum atomic E-state index is -0.418. The standard InChI is InChI=1S/C32H34N6O4S.C10H8ClNO/c1-37-25-6-4-3-5-20(25)15-26(37)32(41)36-23-8-7-19(16-27(23)42-2)22-18-43-30-24(17-34-31(33)29(22)30)35-28(40)11-14-38-12-9-21(39)10-13-38;1-12-8-5-3-2-4-7(8)6-9(12)10(11)13/h3-8,15-18,21,39H,9-14H2,1-2H3,(H2,33,34)(H,35,40)(H,36,41);2-6H,1H3. The van der Waals surface area contributed by atoms with Gasteiger partial charge < -0.3 is 40.2 Å². The Morgan fingerprint density at radius 1 is 0.911 bits per heavy atom. The maximum Gasteiger partial charge on any atom is 0.272 e. The number of nitrogens with one attached hydrogen (secondary N) is 2. The number of aryl methyl sites for hydroxylation is 2. The van der Waals surface area contributed by atoms with Crippen molar-refractivity contribution in [3.8, 4) is 16.9 Å². The molecule has 4 aromatic heterocycles. The van der Waals surface area contributed by atoms with Crippen LogP contribution < -0.4 is 21.1 Å². The molecule has 0 spiro atoms. The largest absolute Gasteiger partial charge is 0.495 e. The molecule has 3 aromatic carbocycles. The van der Waals surface area contributed by atoms with E-state index in [1.807, 2.05) is 96.8 Å². The number of aliphatic hydroxyl groups is 1. The summed E-state index contributed by atoms with van der Waals surface area (Å²) in [6, 6.07) is 24.9. The predicted octanol–water partition coefficient (Wildman–Crippen LogP) is 7.64. The van der Waals surface area contributed by atoms with E-state index in [0.29, 0.717) is 47.3 Å². The first-order valence-electron chi connectivity index (χ1n) is 18.2. The zero-order valence-corrected chi connectivity index (χ0v) is 32.8. The van der Waals surface area contributed by atoms with Crippen molar-refractivity contribution in [1.29, 1.82) is 0 Å². The Balaban J connectivity index is 0.000000311. The molecule has 0 atom stereocenters. The summed E-state index contributed by atoms with van der Waals surface area (Å²) in [5.74, 6) is 0.535. The fourth-order valence-electron chi connectivity index (χ4n) is 7.12. The number of hydrogen-bond acceptors (Lipinski definition) is 9. The number of amides is 2. The quantitative estimate of drug-likeness (QED) is 0.109. The van der Waals surface area contributed by atoms with E-state index in [1.165, 1.54) is 11.3 Å². The average molecular weight is 792 g/mol. The molecule has 0 radical (unpaired) electrons. The van der Waals surface area contributed by atoms with Gasteiger partial charge in [-0.1, -0.05) is 42.5 Å². The van der Waals surface area contributed by atoms with Crippen LogP contribution in [0.4, 0.5) is 17.2 Å². The van der Waals surface area contributed by atoms with Crippen molar-refractivity contribution in [2.45, 2.75) is 25.4 Å². The summed E-state index contributed by atoms with van der Waals surface area (Å²) in [7, 11) is 5.26. The molecule has 5 N–H and O–H groups in total. The monoisotopic (exact) mass is 791 g/mol. The maximum absolute atomic E-state index is 13.2. The van der Waals surface area contributed by atoms with Gasteiger partial charge in [0, 0.05) is 78.3 Å². The number of nitrogens with zero attached hydrogens (tertiary/aromatic N) is 4. The second kappa shape index (κ2) is 16.6. The second-order valence-corrected chi connectivity index (χ2v) is 14.9. The van der Waals surface area contributed by atoms with Crippen LogP contribution in [-0.4, -0.2) is 74.0 Å². The van der Waals surface area contributed by atoms with E-state index in [4.69, 9.17) is 22.1 Å². The molecule has 5 heterocycles. The molecule has 7 aromatic rings. The number of hydrogen-bond donors (Lipinski definition) is 4. The number of nitrogens with two attached hydrogens (primary N) is 1. The van der Waals surface area contributed by atoms with Crippen LogP contribution in [0, 0.1) is 0 Å². The van der Waals surface area contributed by atoms with Crippen LogP contribution in [0.5, 0.6) is 5.75 Å². The van der Waals surface area contributed by atoms with Gasteiger partial charge in [0.1, 0.15) is 23.0 Å². The Bertz CT molecular complexity index is 2590. The molecule has 8 rings (SSSR count). The third kappa shape index (κ3) is 7.98. The van der Waals surface area contributed by atoms with Crippen molar-refractivity contribution < 1.29 is 24.2 Å². The van der Waals surface area contributed by atoms with Gasteiger partial charge >= 0.3 is 0 Å². The van der Waals surface area contributed by atoms with Crippen molar-refractivity contribution in [1.82, 2.24) is 19.0 Å². The Morgan fingerprint density at radius 3 is 2.20 bits per heavy atom. The lowest BCUT2D eigenvalue weighted by molar-refractivity contribution is -0.116. The number of halogens is 1. The summed E-state index contributed by atoms with van der Waals surface area (Å²) in [4.78, 5) is 43.6. The molecule has 0 unspecified atom stereocenters. The molecule has 2 amide bonds. The van der Waals surface area contributed by atoms with Crippen LogP contribution in [0.25, 0.3) is 43.0 Å². The molecule has 14 heteroatoms. The number of piperidine rings is 1. The third-order valence-electron chi connectivity index (χ3n) is 10.2. The average Bonchev–Trinajstić information content (AvgIpc) is 3.90. The van der Waals surface area contributed by atoms with Crippen LogP contribution in [-0.2, 0) is 18.9 Å². The molecular formula is C42H42ClN7O5S. The fraction of sp³-hybridized carbons (Fsp3) is 0.238. The maximum atomic E-state index is 13.2. The van der Waals surface area contributed by atoms with Crippen LogP contribution in [0.15, 0.2) is 90.4 Å². The van der Waals surface area contributed by atoms with Gasteiger partial charge in [0.15, 0.2) is 0 Å². The summed E-state index contributed by atoms with van der Waals surface area (Å²) in [5.41, 5.74) is 12.3. The van der Waals surface area contributed by atoms with E-state index >= 15 is 0 Å². The molecule has 56 heavy (non-hydrogen) atoms. The summed E-state index contributed by atoms with van der Waals surface area (Å²) in [5, 5.41) is 20.1. The highest BCUT2D eigenvalue weighted by atomic mass is 35.5. The number of para-hydroxylation sites is 2. The molecule has 288 valence electrons. The van der Waals surface area contributed by atoms with Crippen LogP contribution in [0.2, 0.25) is 0 Å². The van der Waals surface area contributed by atoms with E-state index in [9.17, 15) is 19.5 Å².